The average Bonchev–Trinajstić information content (AvgIpc) is 3.44. The van der Waals surface area contributed by atoms with E-state index in [4.69, 9.17) is 5.14 Å². The number of sulfonamides is 1. The van der Waals surface area contributed by atoms with Gasteiger partial charge in [0.2, 0.25) is 10.0 Å². The van der Waals surface area contributed by atoms with Gasteiger partial charge in [-0.05, 0) is 60.4 Å². The molecule has 5 aromatic rings. The summed E-state index contributed by atoms with van der Waals surface area (Å²) in [5.41, 5.74) is 2.09. The van der Waals surface area contributed by atoms with Crippen LogP contribution in [0.4, 0.5) is 17.6 Å². The monoisotopic (exact) mass is 561 g/mol. The zero-order valence-electron chi connectivity index (χ0n) is 20.8. The Balaban J connectivity index is 1.70. The van der Waals surface area contributed by atoms with Crippen LogP contribution in [0.25, 0.3) is 33.1 Å². The number of halogens is 4. The van der Waals surface area contributed by atoms with E-state index in [1.54, 1.807) is 43.1 Å². The van der Waals surface area contributed by atoms with E-state index in [0.29, 0.717) is 50.5 Å². The zero-order valence-corrected chi connectivity index (χ0v) is 21.6. The number of benzene rings is 2. The quantitative estimate of drug-likeness (QED) is 0.302. The second kappa shape index (κ2) is 9.35. The van der Waals surface area contributed by atoms with Crippen LogP contribution in [0.5, 0.6) is 0 Å². The highest BCUT2D eigenvalue weighted by Crippen LogP contribution is 2.34. The molecular formula is C26H23F4N5O3S. The summed E-state index contributed by atoms with van der Waals surface area (Å²) in [5, 5.41) is 5.91. The first kappa shape index (κ1) is 26.6. The molecule has 39 heavy (non-hydrogen) atoms. The van der Waals surface area contributed by atoms with Gasteiger partial charge >= 0.3 is 6.18 Å². The highest BCUT2D eigenvalue weighted by Gasteiger charge is 2.34. The van der Waals surface area contributed by atoms with Crippen LogP contribution in [0.15, 0.2) is 53.6 Å². The number of rotatable bonds is 6. The molecule has 3 heterocycles. The molecular weight excluding hydrogens is 538 g/mol. The van der Waals surface area contributed by atoms with Crippen LogP contribution in [0.3, 0.4) is 0 Å². The minimum Gasteiger partial charge on any atom is -0.357 e. The summed E-state index contributed by atoms with van der Waals surface area (Å²) in [6, 6.07) is 8.11. The lowest BCUT2D eigenvalue weighted by molar-refractivity contribution is -0.140. The number of nitrogens with zero attached hydrogens (tertiary/aromatic N) is 3. The lowest BCUT2D eigenvalue weighted by atomic mass is 9.99. The number of hydrogen-bond acceptors (Lipinski definition) is 4. The molecule has 3 N–H and O–H groups in total. The number of aromatic nitrogens is 4. The largest absolute Gasteiger partial charge is 0.419 e. The Kier molecular flexibility index (Phi) is 6.38. The molecule has 8 nitrogen and oxygen atoms in total. The lowest BCUT2D eigenvalue weighted by Crippen LogP contribution is -2.18. The molecule has 2 aromatic carbocycles. The van der Waals surface area contributed by atoms with Crippen molar-refractivity contribution in [3.05, 3.63) is 87.5 Å². The molecule has 0 aliphatic carbocycles. The maximum absolute atomic E-state index is 14.3. The number of fused-ring (bicyclic) bond motifs is 2. The van der Waals surface area contributed by atoms with Gasteiger partial charge in [0.15, 0.2) is 0 Å². The van der Waals surface area contributed by atoms with Gasteiger partial charge in [-0.3, -0.25) is 4.79 Å². The van der Waals surface area contributed by atoms with E-state index >= 15 is 0 Å². The summed E-state index contributed by atoms with van der Waals surface area (Å²) in [7, 11) is -2.19. The smallest absolute Gasteiger partial charge is 0.357 e. The van der Waals surface area contributed by atoms with Crippen molar-refractivity contribution in [3.8, 4) is 11.1 Å². The molecule has 0 saturated heterocycles. The first-order valence-corrected chi connectivity index (χ1v) is 13.5. The van der Waals surface area contributed by atoms with Crippen LogP contribution in [0, 0.1) is 12.7 Å². The molecule has 0 bridgehead atoms. The van der Waals surface area contributed by atoms with Crippen molar-refractivity contribution in [1.82, 2.24) is 19.1 Å². The third-order valence-electron chi connectivity index (χ3n) is 6.66. The molecule has 3 aromatic heterocycles. The molecule has 0 atom stereocenters. The first-order valence-electron chi connectivity index (χ1n) is 11.8. The van der Waals surface area contributed by atoms with Crippen LogP contribution in [0.1, 0.15) is 22.5 Å². The number of alkyl halides is 3. The second-order valence-electron chi connectivity index (χ2n) is 9.40. The average molecular weight is 562 g/mol. The van der Waals surface area contributed by atoms with Crippen molar-refractivity contribution in [2.75, 3.05) is 5.75 Å². The van der Waals surface area contributed by atoms with Crippen LogP contribution >= 0.6 is 0 Å². The molecule has 0 spiro atoms. The fourth-order valence-electron chi connectivity index (χ4n) is 4.78. The molecule has 0 unspecified atom stereocenters. The van der Waals surface area contributed by atoms with Gasteiger partial charge in [0.1, 0.15) is 17.2 Å². The summed E-state index contributed by atoms with van der Waals surface area (Å²) in [6.07, 6.45) is -1.45. The van der Waals surface area contributed by atoms with E-state index in [1.165, 1.54) is 10.6 Å². The summed E-state index contributed by atoms with van der Waals surface area (Å²) in [4.78, 5) is 20.1. The predicted octanol–water partition coefficient (Wildman–Crippen LogP) is 4.23. The normalized spacial score (nSPS) is 12.6. The number of nitrogens with two attached hydrogens (primary N) is 1. The van der Waals surface area contributed by atoms with E-state index in [1.807, 2.05) is 6.07 Å². The van der Waals surface area contributed by atoms with Crippen molar-refractivity contribution >= 4 is 32.0 Å². The van der Waals surface area contributed by atoms with Gasteiger partial charge in [-0.1, -0.05) is 6.07 Å². The van der Waals surface area contributed by atoms with E-state index in [0.717, 1.165) is 6.07 Å². The molecule has 0 aliphatic heterocycles. The molecule has 204 valence electrons. The number of aromatic amines is 1. The number of H-pyrrole nitrogens is 1. The van der Waals surface area contributed by atoms with E-state index in [2.05, 4.69) is 9.97 Å². The van der Waals surface area contributed by atoms with Crippen molar-refractivity contribution in [2.24, 2.45) is 12.2 Å². The van der Waals surface area contributed by atoms with E-state index < -0.39 is 27.6 Å². The second-order valence-corrected chi connectivity index (χ2v) is 11.1. The van der Waals surface area contributed by atoms with Gasteiger partial charge in [-0.15, -0.1) is 0 Å². The Morgan fingerprint density at radius 1 is 1.13 bits per heavy atom. The molecule has 0 amide bonds. The minimum atomic E-state index is -4.81. The highest BCUT2D eigenvalue weighted by atomic mass is 32.2. The molecule has 13 heteroatoms. The summed E-state index contributed by atoms with van der Waals surface area (Å²) < 4.78 is 80.1. The van der Waals surface area contributed by atoms with Gasteiger partial charge < -0.3 is 14.1 Å². The number of primary sulfonamides is 1. The highest BCUT2D eigenvalue weighted by molar-refractivity contribution is 7.89. The predicted molar refractivity (Wildman–Crippen MR) is 139 cm³/mol. The van der Waals surface area contributed by atoms with Crippen molar-refractivity contribution in [3.63, 3.8) is 0 Å². The van der Waals surface area contributed by atoms with Crippen LogP contribution < -0.4 is 10.7 Å². The standard InChI is InChI=1S/C26H23F4N5O3S/c1-14-33-23-16(6-8-39(31,37)38)10-17(19-13-34(2)25(36)24-18(19)5-7-32-24)11-22(23)35(14)12-15-3-4-20(21(27)9-15)26(28,29)30/h3-5,7,9-11,13,32H,6,8,12H2,1-2H3,(H2,31,37,38). The topological polar surface area (TPSA) is 116 Å². The van der Waals surface area contributed by atoms with Gasteiger partial charge in [0.05, 0.1) is 22.3 Å². The maximum Gasteiger partial charge on any atom is 0.419 e. The fourth-order valence-corrected chi connectivity index (χ4v) is 5.28. The third kappa shape index (κ3) is 5.06. The molecule has 0 aliphatic rings. The SMILES string of the molecule is Cc1nc2c(CCS(N)(=O)=O)cc(-c3cn(C)c(=O)c4[nH]ccc34)cc2n1Cc1ccc(C(F)(F)F)c(F)c1. The lowest BCUT2D eigenvalue weighted by Gasteiger charge is -2.13. The fraction of sp³-hybridized carbons (Fsp3) is 0.231. The summed E-state index contributed by atoms with van der Waals surface area (Å²) in [6.45, 7) is 1.71. The van der Waals surface area contributed by atoms with Crippen LogP contribution in [-0.2, 0) is 36.2 Å². The number of hydrogen-bond donors (Lipinski definition) is 2. The van der Waals surface area contributed by atoms with Crippen molar-refractivity contribution < 1.29 is 26.0 Å². The Labute approximate surface area is 219 Å². The summed E-state index contributed by atoms with van der Waals surface area (Å²) >= 11 is 0. The van der Waals surface area contributed by atoms with E-state index in [-0.39, 0.29) is 29.8 Å². The minimum absolute atomic E-state index is 0.0162. The van der Waals surface area contributed by atoms with E-state index in [9.17, 15) is 30.8 Å². The number of pyridine rings is 1. The number of imidazole rings is 1. The van der Waals surface area contributed by atoms with Gasteiger partial charge in [0, 0.05) is 36.9 Å². The van der Waals surface area contributed by atoms with Crippen molar-refractivity contribution in [2.45, 2.75) is 26.1 Å². The Morgan fingerprint density at radius 3 is 2.54 bits per heavy atom. The number of nitrogens with one attached hydrogen (secondary N) is 1. The zero-order chi connectivity index (χ0) is 28.3. The van der Waals surface area contributed by atoms with Gasteiger partial charge in [-0.2, -0.15) is 13.2 Å². The maximum atomic E-state index is 14.3. The third-order valence-corrected chi connectivity index (χ3v) is 7.44. The molecule has 5 rings (SSSR count). The molecule has 0 saturated carbocycles. The van der Waals surface area contributed by atoms with Crippen molar-refractivity contribution in [1.29, 1.82) is 0 Å². The molecule has 0 fully saturated rings. The number of aryl methyl sites for hydroxylation is 3. The van der Waals surface area contributed by atoms with Gasteiger partial charge in [0.25, 0.3) is 5.56 Å². The Hall–Kier alpha value is -3.97. The van der Waals surface area contributed by atoms with Crippen LogP contribution in [0.2, 0.25) is 0 Å². The Morgan fingerprint density at radius 2 is 1.87 bits per heavy atom. The molecule has 0 radical (unpaired) electrons. The Bertz CT molecular complexity index is 1920. The van der Waals surface area contributed by atoms with Gasteiger partial charge in [-0.25, -0.2) is 22.9 Å². The first-order chi connectivity index (χ1) is 18.2. The van der Waals surface area contributed by atoms with Crippen LogP contribution in [-0.4, -0.2) is 33.3 Å². The summed E-state index contributed by atoms with van der Waals surface area (Å²) in [5.74, 6) is -1.22.